The number of rotatable bonds is 6. The number of benzene rings is 1. The van der Waals surface area contributed by atoms with Crippen LogP contribution in [-0.4, -0.2) is 31.8 Å². The van der Waals surface area contributed by atoms with E-state index in [0.717, 1.165) is 19.4 Å². The molecule has 4 nitrogen and oxygen atoms in total. The molecule has 1 aliphatic heterocycles. The number of hydrogen-bond donors (Lipinski definition) is 1. The van der Waals surface area contributed by atoms with Gasteiger partial charge in [0.2, 0.25) is 5.91 Å². The highest BCUT2D eigenvalue weighted by Gasteiger charge is 2.15. The Morgan fingerprint density at radius 3 is 2.95 bits per heavy atom. The summed E-state index contributed by atoms with van der Waals surface area (Å²) in [6.45, 7) is 1.75. The van der Waals surface area contributed by atoms with Crippen molar-refractivity contribution in [1.29, 1.82) is 0 Å². The molecule has 1 aromatic rings. The van der Waals surface area contributed by atoms with E-state index in [2.05, 4.69) is 5.32 Å². The number of amides is 1. The van der Waals surface area contributed by atoms with Crippen LogP contribution in [0.2, 0.25) is 10.0 Å². The maximum absolute atomic E-state index is 11.7. The smallest absolute Gasteiger partial charge is 0.226 e. The Morgan fingerprint density at radius 2 is 2.25 bits per heavy atom. The minimum absolute atomic E-state index is 0.115. The lowest BCUT2D eigenvalue weighted by atomic mass is 10.2. The first kappa shape index (κ1) is 15.6. The van der Waals surface area contributed by atoms with Crippen molar-refractivity contribution in [2.24, 2.45) is 0 Å². The van der Waals surface area contributed by atoms with Gasteiger partial charge >= 0.3 is 0 Å². The van der Waals surface area contributed by atoms with Gasteiger partial charge in [-0.1, -0.05) is 23.2 Å². The predicted molar refractivity (Wildman–Crippen MR) is 79.5 cm³/mol. The lowest BCUT2D eigenvalue weighted by Crippen LogP contribution is -2.18. The number of anilines is 1. The molecule has 1 N–H and O–H groups in total. The predicted octanol–water partition coefficient (Wildman–Crippen LogP) is 3.52. The molecule has 0 radical (unpaired) electrons. The first-order valence-electron chi connectivity index (χ1n) is 6.59. The first-order chi connectivity index (χ1) is 9.65. The van der Waals surface area contributed by atoms with Crippen molar-refractivity contribution in [1.82, 2.24) is 0 Å². The van der Waals surface area contributed by atoms with Crippen LogP contribution < -0.4 is 5.32 Å². The van der Waals surface area contributed by atoms with Gasteiger partial charge in [0.25, 0.3) is 0 Å². The zero-order valence-electron chi connectivity index (χ0n) is 11.0. The molecule has 1 atom stereocenters. The van der Waals surface area contributed by atoms with Crippen molar-refractivity contribution < 1.29 is 14.3 Å². The quantitative estimate of drug-likeness (QED) is 0.817. The molecule has 0 aromatic heterocycles. The van der Waals surface area contributed by atoms with Crippen LogP contribution in [0.25, 0.3) is 0 Å². The fourth-order valence-corrected chi connectivity index (χ4v) is 2.25. The summed E-state index contributed by atoms with van der Waals surface area (Å²) in [6.07, 6.45) is 2.61. The van der Waals surface area contributed by atoms with Gasteiger partial charge in [0, 0.05) is 12.3 Å². The van der Waals surface area contributed by atoms with Crippen LogP contribution in [0.4, 0.5) is 5.69 Å². The normalized spacial score (nSPS) is 18.2. The lowest BCUT2D eigenvalue weighted by Gasteiger charge is -2.10. The molecule has 110 valence electrons. The summed E-state index contributed by atoms with van der Waals surface area (Å²) in [7, 11) is 0. The van der Waals surface area contributed by atoms with Crippen LogP contribution in [0.1, 0.15) is 19.3 Å². The molecule has 1 heterocycles. The SMILES string of the molecule is O=C(CCOCC1CCCO1)Nc1ccc(Cl)c(Cl)c1. The Hall–Kier alpha value is -0.810. The van der Waals surface area contributed by atoms with Crippen molar-refractivity contribution in [3.8, 4) is 0 Å². The average Bonchev–Trinajstić information content (AvgIpc) is 2.92. The van der Waals surface area contributed by atoms with E-state index in [0.29, 0.717) is 35.4 Å². The van der Waals surface area contributed by atoms with E-state index in [4.69, 9.17) is 32.7 Å². The highest BCUT2D eigenvalue weighted by molar-refractivity contribution is 6.42. The van der Waals surface area contributed by atoms with Crippen LogP contribution >= 0.6 is 23.2 Å². The van der Waals surface area contributed by atoms with E-state index in [9.17, 15) is 4.79 Å². The van der Waals surface area contributed by atoms with E-state index in [1.165, 1.54) is 0 Å². The second kappa shape index (κ2) is 7.84. The molecular weight excluding hydrogens is 301 g/mol. The molecule has 0 saturated carbocycles. The van der Waals surface area contributed by atoms with Crippen molar-refractivity contribution in [2.45, 2.75) is 25.4 Å². The summed E-state index contributed by atoms with van der Waals surface area (Å²) in [5, 5.41) is 3.62. The van der Waals surface area contributed by atoms with Crippen molar-refractivity contribution in [3.05, 3.63) is 28.2 Å². The molecule has 1 saturated heterocycles. The van der Waals surface area contributed by atoms with Crippen molar-refractivity contribution in [3.63, 3.8) is 0 Å². The number of ether oxygens (including phenoxy) is 2. The average molecular weight is 318 g/mol. The highest BCUT2D eigenvalue weighted by Crippen LogP contribution is 2.25. The Kier molecular flexibility index (Phi) is 6.10. The van der Waals surface area contributed by atoms with Gasteiger partial charge in [0.05, 0.1) is 35.8 Å². The third kappa shape index (κ3) is 4.94. The summed E-state index contributed by atoms with van der Waals surface area (Å²) >= 11 is 11.7. The van der Waals surface area contributed by atoms with Gasteiger partial charge in [-0.15, -0.1) is 0 Å². The van der Waals surface area contributed by atoms with E-state index >= 15 is 0 Å². The van der Waals surface area contributed by atoms with Crippen LogP contribution in [0.5, 0.6) is 0 Å². The third-order valence-corrected chi connectivity index (χ3v) is 3.74. The largest absolute Gasteiger partial charge is 0.378 e. The number of carbonyl (C=O) groups excluding carboxylic acids is 1. The molecule has 2 rings (SSSR count). The van der Waals surface area contributed by atoms with E-state index in [1.54, 1.807) is 18.2 Å². The molecule has 0 spiro atoms. The first-order valence-corrected chi connectivity index (χ1v) is 7.35. The second-order valence-electron chi connectivity index (χ2n) is 4.64. The number of nitrogens with one attached hydrogen (secondary N) is 1. The van der Waals surface area contributed by atoms with Crippen LogP contribution in [-0.2, 0) is 14.3 Å². The van der Waals surface area contributed by atoms with Crippen LogP contribution in [0.3, 0.4) is 0 Å². The van der Waals surface area contributed by atoms with E-state index in [-0.39, 0.29) is 12.0 Å². The summed E-state index contributed by atoms with van der Waals surface area (Å²) in [5.74, 6) is -0.115. The van der Waals surface area contributed by atoms with Crippen molar-refractivity contribution >= 4 is 34.8 Å². The van der Waals surface area contributed by atoms with Gasteiger partial charge in [-0.2, -0.15) is 0 Å². The molecule has 1 unspecified atom stereocenters. The zero-order valence-corrected chi connectivity index (χ0v) is 12.5. The number of halogens is 2. The van der Waals surface area contributed by atoms with Crippen LogP contribution in [0, 0.1) is 0 Å². The van der Waals surface area contributed by atoms with Gasteiger partial charge < -0.3 is 14.8 Å². The molecule has 20 heavy (non-hydrogen) atoms. The van der Waals surface area contributed by atoms with Crippen LogP contribution in [0.15, 0.2) is 18.2 Å². The standard InChI is InChI=1S/C14H17Cl2NO3/c15-12-4-3-10(8-13(12)16)17-14(18)5-7-19-9-11-2-1-6-20-11/h3-4,8,11H,1-2,5-7,9H2,(H,17,18). The molecule has 6 heteroatoms. The molecule has 1 aliphatic rings. The molecule has 0 bridgehead atoms. The number of carbonyl (C=O) groups is 1. The van der Waals surface area contributed by atoms with E-state index < -0.39 is 0 Å². The van der Waals surface area contributed by atoms with Gasteiger partial charge in [0.1, 0.15) is 0 Å². The molecule has 1 fully saturated rings. The molecule has 1 amide bonds. The zero-order chi connectivity index (χ0) is 14.4. The highest BCUT2D eigenvalue weighted by atomic mass is 35.5. The summed E-state index contributed by atoms with van der Waals surface area (Å²) in [5.41, 5.74) is 0.628. The topological polar surface area (TPSA) is 47.6 Å². The molecular formula is C14H17Cl2NO3. The number of hydrogen-bond acceptors (Lipinski definition) is 3. The monoisotopic (exact) mass is 317 g/mol. The minimum atomic E-state index is -0.115. The Balaban J connectivity index is 1.65. The molecule has 0 aliphatic carbocycles. The second-order valence-corrected chi connectivity index (χ2v) is 5.45. The van der Waals surface area contributed by atoms with Crippen molar-refractivity contribution in [2.75, 3.05) is 25.1 Å². The molecule has 1 aromatic carbocycles. The fourth-order valence-electron chi connectivity index (χ4n) is 1.95. The maximum atomic E-state index is 11.7. The Labute approximate surface area is 128 Å². The van der Waals surface area contributed by atoms with Gasteiger partial charge in [-0.3, -0.25) is 4.79 Å². The summed E-state index contributed by atoms with van der Waals surface area (Å²) < 4.78 is 10.9. The maximum Gasteiger partial charge on any atom is 0.226 e. The van der Waals surface area contributed by atoms with E-state index in [1.807, 2.05) is 0 Å². The lowest BCUT2D eigenvalue weighted by molar-refractivity contribution is -0.117. The summed E-state index contributed by atoms with van der Waals surface area (Å²) in [6, 6.07) is 4.97. The third-order valence-electron chi connectivity index (χ3n) is 3.00. The Bertz CT molecular complexity index is 462. The fraction of sp³-hybridized carbons (Fsp3) is 0.500. The van der Waals surface area contributed by atoms with Gasteiger partial charge in [0.15, 0.2) is 0 Å². The van der Waals surface area contributed by atoms with Gasteiger partial charge in [-0.05, 0) is 31.0 Å². The summed E-state index contributed by atoms with van der Waals surface area (Å²) in [4.78, 5) is 11.7. The van der Waals surface area contributed by atoms with Gasteiger partial charge in [-0.25, -0.2) is 0 Å². The Morgan fingerprint density at radius 1 is 1.40 bits per heavy atom. The minimum Gasteiger partial charge on any atom is -0.378 e.